The van der Waals surface area contributed by atoms with Crippen LogP contribution in [0.2, 0.25) is 0 Å². The Hall–Kier alpha value is -1.95. The first-order chi connectivity index (χ1) is 10.2. The van der Waals surface area contributed by atoms with E-state index in [4.69, 9.17) is 5.73 Å². The zero-order valence-corrected chi connectivity index (χ0v) is 12.1. The quantitative estimate of drug-likeness (QED) is 0.907. The molecule has 0 radical (unpaired) electrons. The molecule has 0 atom stereocenters. The largest absolute Gasteiger partial charge is 0.340 e. The highest BCUT2D eigenvalue weighted by Gasteiger charge is 2.21. The number of nitrogens with zero attached hydrogens (tertiary/aromatic N) is 3. The Morgan fingerprint density at radius 1 is 1.38 bits per heavy atom. The van der Waals surface area contributed by atoms with Crippen LogP contribution in [0, 0.1) is 18.7 Å². The number of hydrogen-bond donors (Lipinski definition) is 2. The molecule has 1 fully saturated rings. The molecular formula is C15H20FN5. The second kappa shape index (κ2) is 5.81. The summed E-state index contributed by atoms with van der Waals surface area (Å²) in [6, 6.07) is 4.98. The lowest BCUT2D eigenvalue weighted by Gasteiger charge is -2.30. The van der Waals surface area contributed by atoms with E-state index in [0.29, 0.717) is 23.3 Å². The predicted octanol–water partition coefficient (Wildman–Crippen LogP) is 2.09. The number of halogens is 1. The molecule has 1 saturated heterocycles. The van der Waals surface area contributed by atoms with Crippen molar-refractivity contribution in [2.75, 3.05) is 24.5 Å². The smallest absolute Gasteiger partial charge is 0.245 e. The van der Waals surface area contributed by atoms with Gasteiger partial charge in [-0.2, -0.15) is 4.98 Å². The summed E-state index contributed by atoms with van der Waals surface area (Å²) in [4.78, 5) is 6.57. The van der Waals surface area contributed by atoms with Crippen molar-refractivity contribution in [1.82, 2.24) is 15.2 Å². The van der Waals surface area contributed by atoms with Crippen LogP contribution in [0.4, 0.5) is 10.3 Å². The summed E-state index contributed by atoms with van der Waals surface area (Å²) < 4.78 is 13.9. The van der Waals surface area contributed by atoms with E-state index in [1.165, 1.54) is 6.07 Å². The Kier molecular flexibility index (Phi) is 3.88. The number of aromatic nitrogens is 3. The monoisotopic (exact) mass is 289 g/mol. The van der Waals surface area contributed by atoms with E-state index in [0.717, 1.165) is 38.0 Å². The first kappa shape index (κ1) is 14.0. The van der Waals surface area contributed by atoms with E-state index in [-0.39, 0.29) is 5.82 Å². The third kappa shape index (κ3) is 2.90. The van der Waals surface area contributed by atoms with Crippen LogP contribution in [0.5, 0.6) is 0 Å². The maximum absolute atomic E-state index is 13.9. The highest BCUT2D eigenvalue weighted by Crippen LogP contribution is 2.24. The van der Waals surface area contributed by atoms with Crippen molar-refractivity contribution in [2.24, 2.45) is 11.7 Å². The molecule has 21 heavy (non-hydrogen) atoms. The maximum atomic E-state index is 13.9. The third-order valence-electron chi connectivity index (χ3n) is 4.08. The molecule has 112 valence electrons. The number of hydrogen-bond acceptors (Lipinski definition) is 4. The normalized spacial score (nSPS) is 16.4. The first-order valence-corrected chi connectivity index (χ1v) is 7.31. The predicted molar refractivity (Wildman–Crippen MR) is 80.5 cm³/mol. The summed E-state index contributed by atoms with van der Waals surface area (Å²) in [5.41, 5.74) is 7.16. The fourth-order valence-corrected chi connectivity index (χ4v) is 2.70. The van der Waals surface area contributed by atoms with Crippen LogP contribution >= 0.6 is 0 Å². The van der Waals surface area contributed by atoms with Crippen molar-refractivity contribution in [1.29, 1.82) is 0 Å². The maximum Gasteiger partial charge on any atom is 0.245 e. The average Bonchev–Trinajstić information content (AvgIpc) is 2.99. The molecule has 0 amide bonds. The van der Waals surface area contributed by atoms with E-state index in [1.807, 2.05) is 6.92 Å². The minimum Gasteiger partial charge on any atom is -0.340 e. The van der Waals surface area contributed by atoms with Crippen molar-refractivity contribution < 1.29 is 4.39 Å². The Balaban J connectivity index is 1.79. The van der Waals surface area contributed by atoms with Crippen molar-refractivity contribution in [2.45, 2.75) is 19.8 Å². The minimum absolute atomic E-state index is 0.287. The van der Waals surface area contributed by atoms with Gasteiger partial charge in [-0.25, -0.2) is 4.39 Å². The molecule has 0 spiro atoms. The molecule has 0 aliphatic carbocycles. The fourth-order valence-electron chi connectivity index (χ4n) is 2.70. The van der Waals surface area contributed by atoms with Gasteiger partial charge in [-0.05, 0) is 44.4 Å². The highest BCUT2D eigenvalue weighted by molar-refractivity contribution is 5.58. The molecule has 0 unspecified atom stereocenters. The second-order valence-electron chi connectivity index (χ2n) is 5.63. The van der Waals surface area contributed by atoms with Crippen LogP contribution < -0.4 is 10.6 Å². The lowest BCUT2D eigenvalue weighted by atomic mass is 9.97. The van der Waals surface area contributed by atoms with Gasteiger partial charge in [-0.15, -0.1) is 5.10 Å². The van der Waals surface area contributed by atoms with Gasteiger partial charge < -0.3 is 10.6 Å². The van der Waals surface area contributed by atoms with E-state index < -0.39 is 0 Å². The van der Waals surface area contributed by atoms with E-state index in [1.54, 1.807) is 12.1 Å². The molecule has 0 saturated carbocycles. The van der Waals surface area contributed by atoms with Crippen LogP contribution in [-0.2, 0) is 0 Å². The molecule has 6 heteroatoms. The van der Waals surface area contributed by atoms with Crippen LogP contribution in [-0.4, -0.2) is 34.8 Å². The molecule has 0 bridgehead atoms. The number of benzene rings is 1. The van der Waals surface area contributed by atoms with Gasteiger partial charge in [-0.1, -0.05) is 11.6 Å². The lowest BCUT2D eigenvalue weighted by molar-refractivity contribution is 0.411. The fraction of sp³-hybridized carbons (Fsp3) is 0.467. The summed E-state index contributed by atoms with van der Waals surface area (Å²) >= 11 is 0. The number of nitrogens with one attached hydrogen (secondary N) is 1. The Morgan fingerprint density at radius 2 is 2.14 bits per heavy atom. The van der Waals surface area contributed by atoms with Gasteiger partial charge in [0.05, 0.1) is 5.56 Å². The number of aromatic amines is 1. The molecule has 1 aromatic heterocycles. The van der Waals surface area contributed by atoms with Crippen LogP contribution in [0.15, 0.2) is 18.2 Å². The van der Waals surface area contributed by atoms with Gasteiger partial charge in [0, 0.05) is 13.1 Å². The number of H-pyrrole nitrogens is 1. The Morgan fingerprint density at radius 3 is 2.86 bits per heavy atom. The topological polar surface area (TPSA) is 70.8 Å². The standard InChI is InChI=1S/C15H20FN5/c1-10-2-3-13(16)12(8-10)14-18-15(20-19-14)21-6-4-11(9-17)5-7-21/h2-3,8,11H,4-7,9,17H2,1H3,(H,18,19,20). The number of anilines is 1. The molecule has 2 heterocycles. The molecule has 1 aliphatic rings. The van der Waals surface area contributed by atoms with Crippen molar-refractivity contribution in [3.05, 3.63) is 29.6 Å². The molecule has 1 aromatic carbocycles. The van der Waals surface area contributed by atoms with Gasteiger partial charge >= 0.3 is 0 Å². The molecule has 2 aromatic rings. The van der Waals surface area contributed by atoms with Gasteiger partial charge in [0.1, 0.15) is 5.82 Å². The lowest BCUT2D eigenvalue weighted by Crippen LogP contribution is -2.36. The molecule has 3 rings (SSSR count). The van der Waals surface area contributed by atoms with Gasteiger partial charge in [0.2, 0.25) is 5.95 Å². The Bertz CT molecular complexity index is 616. The summed E-state index contributed by atoms with van der Waals surface area (Å²) in [6.45, 7) is 4.46. The summed E-state index contributed by atoms with van der Waals surface area (Å²) in [5, 5.41) is 7.07. The van der Waals surface area contributed by atoms with Gasteiger partial charge in [0.15, 0.2) is 5.82 Å². The third-order valence-corrected chi connectivity index (χ3v) is 4.08. The van der Waals surface area contributed by atoms with Crippen LogP contribution in [0.1, 0.15) is 18.4 Å². The van der Waals surface area contributed by atoms with Crippen molar-refractivity contribution in [3.63, 3.8) is 0 Å². The second-order valence-corrected chi connectivity index (χ2v) is 5.63. The van der Waals surface area contributed by atoms with Crippen LogP contribution in [0.25, 0.3) is 11.4 Å². The first-order valence-electron chi connectivity index (χ1n) is 7.31. The van der Waals surface area contributed by atoms with E-state index in [2.05, 4.69) is 20.1 Å². The average molecular weight is 289 g/mol. The van der Waals surface area contributed by atoms with Gasteiger partial charge in [0.25, 0.3) is 0 Å². The molecular weight excluding hydrogens is 269 g/mol. The minimum atomic E-state index is -0.287. The zero-order valence-electron chi connectivity index (χ0n) is 12.1. The van der Waals surface area contributed by atoms with Crippen LogP contribution in [0.3, 0.4) is 0 Å². The number of aryl methyl sites for hydroxylation is 1. The molecule has 5 nitrogen and oxygen atoms in total. The SMILES string of the molecule is Cc1ccc(F)c(-c2nc(N3CCC(CN)CC3)n[nH]2)c1. The van der Waals surface area contributed by atoms with Gasteiger partial charge in [-0.3, -0.25) is 5.10 Å². The highest BCUT2D eigenvalue weighted by atomic mass is 19.1. The number of nitrogens with two attached hydrogens (primary N) is 1. The number of piperidine rings is 1. The van der Waals surface area contributed by atoms with E-state index >= 15 is 0 Å². The van der Waals surface area contributed by atoms with E-state index in [9.17, 15) is 4.39 Å². The zero-order chi connectivity index (χ0) is 14.8. The summed E-state index contributed by atoms with van der Waals surface area (Å²) in [7, 11) is 0. The Labute approximate surface area is 123 Å². The number of rotatable bonds is 3. The summed E-state index contributed by atoms with van der Waals surface area (Å²) in [5.74, 6) is 1.42. The van der Waals surface area contributed by atoms with Crippen molar-refractivity contribution in [3.8, 4) is 11.4 Å². The molecule has 3 N–H and O–H groups in total. The summed E-state index contributed by atoms with van der Waals surface area (Å²) in [6.07, 6.45) is 2.11. The van der Waals surface area contributed by atoms with Crippen molar-refractivity contribution >= 4 is 5.95 Å². The molecule has 1 aliphatic heterocycles.